The third-order valence-corrected chi connectivity index (χ3v) is 3.63. The molecule has 2 aliphatic rings. The fourth-order valence-corrected chi connectivity index (χ4v) is 2.53. The molecule has 6 heteroatoms. The minimum Gasteiger partial charge on any atom is -0.489 e. The van der Waals surface area contributed by atoms with E-state index in [9.17, 15) is 4.79 Å². The predicted octanol–water partition coefficient (Wildman–Crippen LogP) is 0.326. The van der Waals surface area contributed by atoms with E-state index in [1.165, 1.54) is 0 Å². The van der Waals surface area contributed by atoms with E-state index in [0.29, 0.717) is 51.7 Å². The highest BCUT2D eigenvalue weighted by Gasteiger charge is 2.24. The van der Waals surface area contributed by atoms with Crippen LogP contribution < -0.4 is 15.4 Å². The number of ether oxygens (including phenoxy) is 2. The summed E-state index contributed by atoms with van der Waals surface area (Å²) in [4.78, 5) is 16.2. The van der Waals surface area contributed by atoms with Crippen molar-refractivity contribution in [3.05, 3.63) is 18.2 Å². The molecule has 2 heterocycles. The van der Waals surface area contributed by atoms with Crippen LogP contribution in [0.2, 0.25) is 0 Å². The average Bonchev–Trinajstić information content (AvgIpc) is 2.48. The lowest BCUT2D eigenvalue weighted by molar-refractivity contribution is -0.133. The minimum absolute atomic E-state index is 0.137. The maximum absolute atomic E-state index is 12.3. The highest BCUT2D eigenvalue weighted by atomic mass is 16.5. The summed E-state index contributed by atoms with van der Waals surface area (Å²) in [7, 11) is 0. The van der Waals surface area contributed by atoms with Gasteiger partial charge in [-0.05, 0) is 12.1 Å². The van der Waals surface area contributed by atoms with E-state index in [2.05, 4.69) is 4.90 Å². The third-order valence-electron chi connectivity index (χ3n) is 3.63. The first-order valence-electron chi connectivity index (χ1n) is 6.87. The van der Waals surface area contributed by atoms with Crippen LogP contribution in [0.4, 0.5) is 11.4 Å². The number of nitrogens with zero attached hydrogens (tertiary/aromatic N) is 2. The molecule has 0 aromatic heterocycles. The normalized spacial score (nSPS) is 18.4. The number of nitrogens with two attached hydrogens (primary N) is 1. The number of hydrogen-bond donors (Lipinski definition) is 1. The molecule has 0 spiro atoms. The van der Waals surface area contributed by atoms with Crippen LogP contribution in [0.1, 0.15) is 0 Å². The van der Waals surface area contributed by atoms with Gasteiger partial charge in [-0.15, -0.1) is 0 Å². The van der Waals surface area contributed by atoms with Crippen LogP contribution in [0, 0.1) is 0 Å². The maximum atomic E-state index is 12.3. The van der Waals surface area contributed by atoms with Gasteiger partial charge in [0.05, 0.1) is 32.0 Å². The van der Waals surface area contributed by atoms with Crippen molar-refractivity contribution in [1.82, 2.24) is 4.90 Å². The first-order valence-corrected chi connectivity index (χ1v) is 6.87. The van der Waals surface area contributed by atoms with E-state index < -0.39 is 0 Å². The van der Waals surface area contributed by atoms with Crippen molar-refractivity contribution in [2.45, 2.75) is 0 Å². The Morgan fingerprint density at radius 1 is 1.20 bits per heavy atom. The number of rotatable bonds is 2. The second kappa shape index (κ2) is 5.58. The number of carbonyl (C=O) groups excluding carboxylic acids is 1. The van der Waals surface area contributed by atoms with Gasteiger partial charge in [-0.2, -0.15) is 0 Å². The summed E-state index contributed by atoms with van der Waals surface area (Å²) in [5.41, 5.74) is 7.37. The smallest absolute Gasteiger partial charge is 0.242 e. The standard InChI is InChI=1S/C14H19N3O3/c15-11-1-2-12-13(9-11)20-8-5-17(12)10-14(18)16-3-6-19-7-4-16/h1-2,9H,3-8,10,15H2. The molecular weight excluding hydrogens is 258 g/mol. The lowest BCUT2D eigenvalue weighted by Gasteiger charge is -2.34. The Kier molecular flexibility index (Phi) is 3.64. The molecule has 1 saturated heterocycles. The summed E-state index contributed by atoms with van der Waals surface area (Å²) >= 11 is 0. The van der Waals surface area contributed by atoms with Crippen LogP contribution in [-0.4, -0.2) is 56.8 Å². The zero-order valence-electron chi connectivity index (χ0n) is 11.4. The van der Waals surface area contributed by atoms with Crippen molar-refractivity contribution in [3.63, 3.8) is 0 Å². The van der Waals surface area contributed by atoms with Gasteiger partial charge in [-0.25, -0.2) is 0 Å². The molecule has 2 aliphatic heterocycles. The minimum atomic E-state index is 0.137. The van der Waals surface area contributed by atoms with Crippen LogP contribution >= 0.6 is 0 Å². The van der Waals surface area contributed by atoms with Crippen molar-refractivity contribution in [2.24, 2.45) is 0 Å². The molecule has 1 aromatic rings. The van der Waals surface area contributed by atoms with E-state index in [-0.39, 0.29) is 5.91 Å². The largest absolute Gasteiger partial charge is 0.489 e. The van der Waals surface area contributed by atoms with E-state index in [4.69, 9.17) is 15.2 Å². The first-order chi connectivity index (χ1) is 9.74. The fraction of sp³-hybridized carbons (Fsp3) is 0.500. The Balaban J connectivity index is 1.71. The summed E-state index contributed by atoms with van der Waals surface area (Å²) in [6.45, 7) is 4.28. The summed E-state index contributed by atoms with van der Waals surface area (Å²) in [5, 5.41) is 0. The van der Waals surface area contributed by atoms with Crippen LogP contribution in [0.25, 0.3) is 0 Å². The second-order valence-corrected chi connectivity index (χ2v) is 4.99. The van der Waals surface area contributed by atoms with E-state index in [0.717, 1.165) is 11.4 Å². The number of nitrogen functional groups attached to an aromatic ring is 1. The van der Waals surface area contributed by atoms with E-state index in [1.54, 1.807) is 6.07 Å². The van der Waals surface area contributed by atoms with Crippen molar-refractivity contribution in [3.8, 4) is 5.75 Å². The van der Waals surface area contributed by atoms with Gasteiger partial charge in [0.1, 0.15) is 12.4 Å². The zero-order chi connectivity index (χ0) is 13.9. The van der Waals surface area contributed by atoms with Gasteiger partial charge in [0.25, 0.3) is 0 Å². The Morgan fingerprint density at radius 2 is 2.00 bits per heavy atom. The number of carbonyl (C=O) groups is 1. The van der Waals surface area contributed by atoms with Crippen molar-refractivity contribution >= 4 is 17.3 Å². The van der Waals surface area contributed by atoms with Gasteiger partial charge < -0.3 is 25.0 Å². The predicted molar refractivity (Wildman–Crippen MR) is 76.0 cm³/mol. The molecule has 6 nitrogen and oxygen atoms in total. The summed E-state index contributed by atoms with van der Waals surface area (Å²) < 4.78 is 10.9. The molecule has 1 fully saturated rings. The van der Waals surface area contributed by atoms with Gasteiger partial charge in [0.2, 0.25) is 5.91 Å². The monoisotopic (exact) mass is 277 g/mol. The number of hydrogen-bond acceptors (Lipinski definition) is 5. The van der Waals surface area contributed by atoms with Crippen molar-refractivity contribution in [2.75, 3.05) is 56.6 Å². The molecule has 0 radical (unpaired) electrons. The van der Waals surface area contributed by atoms with Crippen LogP contribution in [-0.2, 0) is 9.53 Å². The second-order valence-electron chi connectivity index (χ2n) is 4.99. The number of anilines is 2. The molecule has 1 aromatic carbocycles. The van der Waals surface area contributed by atoms with Gasteiger partial charge >= 0.3 is 0 Å². The average molecular weight is 277 g/mol. The van der Waals surface area contributed by atoms with Crippen molar-refractivity contribution in [1.29, 1.82) is 0 Å². The van der Waals surface area contributed by atoms with Gasteiger partial charge in [0.15, 0.2) is 0 Å². The van der Waals surface area contributed by atoms with Gasteiger partial charge in [-0.3, -0.25) is 4.79 Å². The zero-order valence-corrected chi connectivity index (χ0v) is 11.4. The Labute approximate surface area is 118 Å². The van der Waals surface area contributed by atoms with E-state index >= 15 is 0 Å². The summed E-state index contributed by atoms with van der Waals surface area (Å²) in [5.74, 6) is 0.893. The number of benzene rings is 1. The van der Waals surface area contributed by atoms with Crippen LogP contribution in [0.15, 0.2) is 18.2 Å². The maximum Gasteiger partial charge on any atom is 0.242 e. The number of fused-ring (bicyclic) bond motifs is 1. The molecule has 108 valence electrons. The molecule has 0 atom stereocenters. The molecular formula is C14H19N3O3. The molecule has 0 saturated carbocycles. The summed E-state index contributed by atoms with van der Waals surface area (Å²) in [6, 6.07) is 5.55. The van der Waals surface area contributed by atoms with Crippen LogP contribution in [0.5, 0.6) is 5.75 Å². The molecule has 1 amide bonds. The Hall–Kier alpha value is -1.95. The lowest BCUT2D eigenvalue weighted by atomic mass is 10.2. The molecule has 0 unspecified atom stereocenters. The number of amides is 1. The topological polar surface area (TPSA) is 68.0 Å². The fourth-order valence-electron chi connectivity index (χ4n) is 2.53. The first kappa shape index (κ1) is 13.1. The number of morpholine rings is 1. The Morgan fingerprint density at radius 3 is 2.80 bits per heavy atom. The Bertz CT molecular complexity index is 500. The molecule has 3 rings (SSSR count). The molecule has 0 aliphatic carbocycles. The van der Waals surface area contributed by atoms with Gasteiger partial charge in [0, 0.05) is 24.8 Å². The van der Waals surface area contributed by atoms with Crippen LogP contribution in [0.3, 0.4) is 0 Å². The SMILES string of the molecule is Nc1ccc2c(c1)OCCN2CC(=O)N1CCOCC1. The quantitative estimate of drug-likeness (QED) is 0.789. The lowest BCUT2D eigenvalue weighted by Crippen LogP contribution is -2.47. The molecule has 0 bridgehead atoms. The van der Waals surface area contributed by atoms with Gasteiger partial charge in [-0.1, -0.05) is 0 Å². The van der Waals surface area contributed by atoms with E-state index in [1.807, 2.05) is 17.0 Å². The highest BCUT2D eigenvalue weighted by Crippen LogP contribution is 2.33. The highest BCUT2D eigenvalue weighted by molar-refractivity contribution is 5.82. The third kappa shape index (κ3) is 2.65. The molecule has 20 heavy (non-hydrogen) atoms. The van der Waals surface area contributed by atoms with Crippen molar-refractivity contribution < 1.29 is 14.3 Å². The molecule has 2 N–H and O–H groups in total. The summed E-state index contributed by atoms with van der Waals surface area (Å²) in [6.07, 6.45) is 0.